The summed E-state index contributed by atoms with van der Waals surface area (Å²) in [4.78, 5) is 11.5. The number of rotatable bonds is 6. The van der Waals surface area contributed by atoms with Gasteiger partial charge in [-0.05, 0) is 78.9 Å². The number of ether oxygens (including phenoxy) is 1. The number of esters is 1. The molecule has 0 aliphatic heterocycles. The second kappa shape index (κ2) is 8.71. The quantitative estimate of drug-likeness (QED) is 0.404. The van der Waals surface area contributed by atoms with E-state index in [1.54, 1.807) is 18.1 Å². The van der Waals surface area contributed by atoms with Crippen LogP contribution in [0.15, 0.2) is 23.3 Å². The van der Waals surface area contributed by atoms with E-state index in [0.717, 1.165) is 42.9 Å². The van der Waals surface area contributed by atoms with Crippen LogP contribution in [0.4, 0.5) is 0 Å². The summed E-state index contributed by atoms with van der Waals surface area (Å²) in [6, 6.07) is 0. The van der Waals surface area contributed by atoms with Gasteiger partial charge in [0, 0.05) is 13.3 Å². The van der Waals surface area contributed by atoms with Crippen molar-refractivity contribution in [1.82, 2.24) is 0 Å². The van der Waals surface area contributed by atoms with Crippen LogP contribution in [0.25, 0.3) is 0 Å². The van der Waals surface area contributed by atoms with Gasteiger partial charge in [0.05, 0.1) is 0 Å². The Kier molecular flexibility index (Phi) is 6.50. The van der Waals surface area contributed by atoms with E-state index in [1.807, 2.05) is 0 Å². The first-order valence-electron chi connectivity index (χ1n) is 13.2. The Labute approximate surface area is 191 Å². The summed E-state index contributed by atoms with van der Waals surface area (Å²) < 4.78 is 5.59. The Morgan fingerprint density at radius 1 is 1.03 bits per heavy atom. The minimum Gasteiger partial charge on any atom is -0.462 e. The Balaban J connectivity index is 1.51. The first-order valence-corrected chi connectivity index (χ1v) is 13.2. The van der Waals surface area contributed by atoms with Gasteiger partial charge in [-0.1, -0.05) is 77.2 Å². The second-order valence-electron chi connectivity index (χ2n) is 12.4. The van der Waals surface area contributed by atoms with Gasteiger partial charge < -0.3 is 4.74 Å². The van der Waals surface area contributed by atoms with Crippen LogP contribution < -0.4 is 0 Å². The SMILES string of the molecule is CC(=O)O[C@H]1CC[C@@]2(C)C(=CC=C3[C@@H]4CC[C@H]([C@H](C)CCCC(C)C)[C@@]4(C)CC[C@@H]32)C1. The van der Waals surface area contributed by atoms with Crippen molar-refractivity contribution in [1.29, 1.82) is 0 Å². The summed E-state index contributed by atoms with van der Waals surface area (Å²) in [6.07, 6.45) is 17.9. The zero-order valence-corrected chi connectivity index (χ0v) is 21.0. The highest BCUT2D eigenvalue weighted by Crippen LogP contribution is 2.66. The summed E-state index contributed by atoms with van der Waals surface area (Å²) in [5.74, 6) is 3.94. The molecule has 31 heavy (non-hydrogen) atoms. The maximum Gasteiger partial charge on any atom is 0.302 e. The van der Waals surface area contributed by atoms with Crippen LogP contribution in [0.1, 0.15) is 106 Å². The van der Waals surface area contributed by atoms with Crippen LogP contribution >= 0.6 is 0 Å². The van der Waals surface area contributed by atoms with Gasteiger partial charge in [-0.15, -0.1) is 0 Å². The van der Waals surface area contributed by atoms with Gasteiger partial charge >= 0.3 is 5.97 Å². The molecule has 7 atom stereocenters. The predicted octanol–water partition coefficient (Wildman–Crippen LogP) is 7.88. The number of carbonyl (C=O) groups excluding carboxylic acids is 1. The van der Waals surface area contributed by atoms with Crippen molar-refractivity contribution in [3.63, 3.8) is 0 Å². The molecule has 4 aliphatic rings. The molecule has 0 heterocycles. The van der Waals surface area contributed by atoms with Gasteiger partial charge in [0.1, 0.15) is 6.10 Å². The van der Waals surface area contributed by atoms with Crippen LogP contribution in [0.3, 0.4) is 0 Å². The summed E-state index contributed by atoms with van der Waals surface area (Å²) in [5, 5.41) is 0. The molecule has 0 aromatic carbocycles. The highest BCUT2D eigenvalue weighted by molar-refractivity contribution is 5.66. The fraction of sp³-hybridized carbons (Fsp3) is 0.828. The monoisotopic (exact) mass is 426 g/mol. The van der Waals surface area contributed by atoms with E-state index in [-0.39, 0.29) is 17.5 Å². The number of allylic oxidation sites excluding steroid dienone is 3. The van der Waals surface area contributed by atoms with Crippen molar-refractivity contribution in [2.75, 3.05) is 0 Å². The first-order chi connectivity index (χ1) is 14.6. The Bertz CT molecular complexity index is 746. The standard InChI is InChI=1S/C29H46O2/c1-19(2)8-7-9-20(3)25-12-13-26-24-11-10-22-18-23(31-21(4)30)14-16-28(22,5)27(24)15-17-29(25,26)6/h10-11,19-20,23,25-27H,7-9,12-18H2,1-6H3/t20-,23+,25-,26+,27+,28+,29-/m1/s1. The molecule has 2 nitrogen and oxygen atoms in total. The van der Waals surface area contributed by atoms with E-state index >= 15 is 0 Å². The predicted molar refractivity (Wildman–Crippen MR) is 129 cm³/mol. The van der Waals surface area contributed by atoms with Gasteiger partial charge in [-0.25, -0.2) is 0 Å². The third-order valence-electron chi connectivity index (χ3n) is 10.1. The van der Waals surface area contributed by atoms with Crippen molar-refractivity contribution in [3.05, 3.63) is 23.3 Å². The maximum absolute atomic E-state index is 11.5. The number of fused-ring (bicyclic) bond motifs is 5. The Morgan fingerprint density at radius 3 is 2.52 bits per heavy atom. The fourth-order valence-corrected chi connectivity index (χ4v) is 8.33. The molecule has 0 N–H and O–H groups in total. The van der Waals surface area contributed by atoms with E-state index < -0.39 is 0 Å². The maximum atomic E-state index is 11.5. The van der Waals surface area contributed by atoms with Crippen molar-refractivity contribution in [2.24, 2.45) is 40.4 Å². The topological polar surface area (TPSA) is 26.3 Å². The molecule has 0 radical (unpaired) electrons. The smallest absolute Gasteiger partial charge is 0.302 e. The largest absolute Gasteiger partial charge is 0.462 e. The average Bonchev–Trinajstić information content (AvgIpc) is 3.05. The van der Waals surface area contributed by atoms with Crippen LogP contribution in [-0.2, 0) is 9.53 Å². The van der Waals surface area contributed by atoms with Crippen molar-refractivity contribution in [3.8, 4) is 0 Å². The average molecular weight is 427 g/mol. The lowest BCUT2D eigenvalue weighted by Gasteiger charge is -2.55. The fourth-order valence-electron chi connectivity index (χ4n) is 8.33. The first kappa shape index (κ1) is 23.1. The Morgan fingerprint density at radius 2 is 1.81 bits per heavy atom. The normalized spacial score (nSPS) is 40.4. The number of hydrogen-bond donors (Lipinski definition) is 0. The van der Waals surface area contributed by atoms with Crippen LogP contribution in [0, 0.1) is 40.4 Å². The molecule has 174 valence electrons. The summed E-state index contributed by atoms with van der Waals surface area (Å²) in [7, 11) is 0. The third-order valence-corrected chi connectivity index (χ3v) is 10.1. The lowest BCUT2D eigenvalue weighted by atomic mass is 9.50. The van der Waals surface area contributed by atoms with E-state index in [4.69, 9.17) is 4.74 Å². The molecule has 0 bridgehead atoms. The number of carbonyl (C=O) groups is 1. The summed E-state index contributed by atoms with van der Waals surface area (Å²) in [5.41, 5.74) is 4.10. The Hall–Kier alpha value is -1.05. The third kappa shape index (κ3) is 4.18. The molecular formula is C29H46O2. The molecule has 2 heteroatoms. The molecule has 3 fully saturated rings. The molecule has 0 saturated heterocycles. The minimum absolute atomic E-state index is 0.0863. The van der Waals surface area contributed by atoms with Crippen LogP contribution in [-0.4, -0.2) is 12.1 Å². The van der Waals surface area contributed by atoms with Crippen molar-refractivity contribution >= 4 is 5.97 Å². The van der Waals surface area contributed by atoms with E-state index in [0.29, 0.717) is 11.3 Å². The summed E-state index contributed by atoms with van der Waals surface area (Å²) >= 11 is 0. The molecule has 0 aromatic heterocycles. The van der Waals surface area contributed by atoms with Gasteiger partial charge in [0.25, 0.3) is 0 Å². The van der Waals surface area contributed by atoms with E-state index in [2.05, 4.69) is 46.8 Å². The van der Waals surface area contributed by atoms with E-state index in [1.165, 1.54) is 44.9 Å². The molecule has 0 aromatic rings. The van der Waals surface area contributed by atoms with Crippen LogP contribution in [0.2, 0.25) is 0 Å². The molecule has 3 saturated carbocycles. The lowest BCUT2D eigenvalue weighted by molar-refractivity contribution is -0.148. The lowest BCUT2D eigenvalue weighted by Crippen LogP contribution is -2.46. The highest BCUT2D eigenvalue weighted by atomic mass is 16.5. The molecule has 4 rings (SSSR count). The summed E-state index contributed by atoms with van der Waals surface area (Å²) in [6.45, 7) is 14.0. The highest BCUT2D eigenvalue weighted by Gasteiger charge is 2.57. The number of hydrogen-bond acceptors (Lipinski definition) is 2. The van der Waals surface area contributed by atoms with Crippen molar-refractivity contribution < 1.29 is 9.53 Å². The van der Waals surface area contributed by atoms with Gasteiger partial charge in [0.15, 0.2) is 0 Å². The molecule has 4 aliphatic carbocycles. The minimum atomic E-state index is -0.130. The van der Waals surface area contributed by atoms with Crippen molar-refractivity contribution in [2.45, 2.75) is 112 Å². The van der Waals surface area contributed by atoms with Gasteiger partial charge in [0.2, 0.25) is 0 Å². The molecular weight excluding hydrogens is 380 g/mol. The molecule has 0 amide bonds. The van der Waals surface area contributed by atoms with Crippen LogP contribution in [0.5, 0.6) is 0 Å². The second-order valence-corrected chi connectivity index (χ2v) is 12.4. The van der Waals surface area contributed by atoms with Gasteiger partial charge in [-0.3, -0.25) is 4.79 Å². The van der Waals surface area contributed by atoms with Gasteiger partial charge in [-0.2, -0.15) is 0 Å². The zero-order chi connectivity index (χ0) is 22.4. The zero-order valence-electron chi connectivity index (χ0n) is 21.0. The molecule has 0 unspecified atom stereocenters. The van der Waals surface area contributed by atoms with E-state index in [9.17, 15) is 4.79 Å². The molecule has 0 spiro atoms.